The van der Waals surface area contributed by atoms with Gasteiger partial charge in [-0.3, -0.25) is 0 Å². The van der Waals surface area contributed by atoms with E-state index in [2.05, 4.69) is 5.32 Å². The Balaban J connectivity index is 1.79. The molecule has 0 spiro atoms. The lowest BCUT2D eigenvalue weighted by atomic mass is 10.2. The summed E-state index contributed by atoms with van der Waals surface area (Å²) in [6.07, 6.45) is -5.45. The summed E-state index contributed by atoms with van der Waals surface area (Å²) >= 11 is 0. The Labute approximate surface area is 178 Å². The standard InChI is InChI=1S/C21H25F3N2O5/c1-26(20(28)25-11-14-4-9-18(29-2)19(10-14)30-3)12-16(27)13-31-17-7-5-15(6-8-17)21(22,23)24/h4-10,16,27H,11-13H2,1-3H3,(H,25,28)/t16-/m0/s1. The first kappa shape index (κ1) is 24.1. The van der Waals surface area contributed by atoms with Gasteiger partial charge < -0.3 is 29.5 Å². The zero-order valence-electron chi connectivity index (χ0n) is 17.4. The fourth-order valence-corrected chi connectivity index (χ4v) is 2.69. The molecule has 0 aliphatic rings. The normalized spacial score (nSPS) is 12.1. The third-order valence-corrected chi connectivity index (χ3v) is 4.35. The highest BCUT2D eigenvalue weighted by molar-refractivity contribution is 5.73. The van der Waals surface area contributed by atoms with Crippen molar-refractivity contribution in [3.63, 3.8) is 0 Å². The number of benzene rings is 2. The number of aliphatic hydroxyl groups excluding tert-OH is 1. The van der Waals surface area contributed by atoms with Crippen LogP contribution in [0.25, 0.3) is 0 Å². The van der Waals surface area contributed by atoms with Crippen molar-refractivity contribution in [2.24, 2.45) is 0 Å². The SMILES string of the molecule is COc1ccc(CNC(=O)N(C)C[C@H](O)COc2ccc(C(F)(F)F)cc2)cc1OC. The number of ether oxygens (including phenoxy) is 3. The van der Waals surface area contributed by atoms with Gasteiger partial charge >= 0.3 is 12.2 Å². The monoisotopic (exact) mass is 442 g/mol. The van der Waals surface area contributed by atoms with Gasteiger partial charge in [0.05, 0.1) is 26.3 Å². The number of halogens is 3. The van der Waals surface area contributed by atoms with Crippen molar-refractivity contribution in [2.45, 2.75) is 18.8 Å². The van der Waals surface area contributed by atoms with Crippen molar-refractivity contribution < 1.29 is 37.3 Å². The third-order valence-electron chi connectivity index (χ3n) is 4.35. The van der Waals surface area contributed by atoms with Crippen LogP contribution in [-0.4, -0.2) is 56.6 Å². The maximum absolute atomic E-state index is 12.6. The highest BCUT2D eigenvalue weighted by atomic mass is 19.4. The number of alkyl halides is 3. The second-order valence-electron chi connectivity index (χ2n) is 6.72. The highest BCUT2D eigenvalue weighted by Crippen LogP contribution is 2.30. The number of likely N-dealkylation sites (N-methyl/N-ethyl adjacent to an activating group) is 1. The number of hydrogen-bond donors (Lipinski definition) is 2. The molecule has 2 amide bonds. The Morgan fingerprint density at radius 1 is 1.10 bits per heavy atom. The number of amides is 2. The molecule has 0 bridgehead atoms. The number of carbonyl (C=O) groups excluding carboxylic acids is 1. The molecule has 0 radical (unpaired) electrons. The first-order valence-corrected chi connectivity index (χ1v) is 9.32. The molecule has 1 atom stereocenters. The lowest BCUT2D eigenvalue weighted by Crippen LogP contribution is -2.42. The van der Waals surface area contributed by atoms with Crippen LogP contribution in [0.2, 0.25) is 0 Å². The summed E-state index contributed by atoms with van der Waals surface area (Å²) in [6, 6.07) is 8.99. The lowest BCUT2D eigenvalue weighted by molar-refractivity contribution is -0.137. The molecule has 0 fully saturated rings. The van der Waals surface area contributed by atoms with Gasteiger partial charge in [0, 0.05) is 13.6 Å². The summed E-state index contributed by atoms with van der Waals surface area (Å²) in [6.45, 7) is 0.0265. The van der Waals surface area contributed by atoms with Gasteiger partial charge in [-0.25, -0.2) is 4.79 Å². The molecular formula is C21H25F3N2O5. The number of carbonyl (C=O) groups is 1. The minimum absolute atomic E-state index is 0.0294. The molecule has 2 aromatic rings. The topological polar surface area (TPSA) is 80.3 Å². The van der Waals surface area contributed by atoms with E-state index in [1.807, 2.05) is 0 Å². The molecule has 0 aliphatic heterocycles. The molecule has 0 saturated heterocycles. The van der Waals surface area contributed by atoms with E-state index in [1.165, 1.54) is 38.3 Å². The maximum Gasteiger partial charge on any atom is 0.416 e. The zero-order valence-corrected chi connectivity index (χ0v) is 17.4. The summed E-state index contributed by atoms with van der Waals surface area (Å²) in [5.41, 5.74) is 0.0110. The van der Waals surface area contributed by atoms with Crippen molar-refractivity contribution in [1.29, 1.82) is 0 Å². The molecule has 10 heteroatoms. The summed E-state index contributed by atoms with van der Waals surface area (Å²) in [5.74, 6) is 1.30. The molecule has 0 aliphatic carbocycles. The fourth-order valence-electron chi connectivity index (χ4n) is 2.69. The van der Waals surface area contributed by atoms with E-state index in [4.69, 9.17) is 14.2 Å². The zero-order chi connectivity index (χ0) is 23.0. The minimum atomic E-state index is -4.43. The molecular weight excluding hydrogens is 417 g/mol. The maximum atomic E-state index is 12.6. The number of urea groups is 1. The number of methoxy groups -OCH3 is 2. The van der Waals surface area contributed by atoms with Crippen LogP contribution in [-0.2, 0) is 12.7 Å². The summed E-state index contributed by atoms with van der Waals surface area (Å²) in [4.78, 5) is 13.5. The number of hydrogen-bond acceptors (Lipinski definition) is 5. The van der Waals surface area contributed by atoms with Crippen LogP contribution in [0.1, 0.15) is 11.1 Å². The first-order chi connectivity index (χ1) is 14.6. The van der Waals surface area contributed by atoms with Crippen molar-refractivity contribution in [2.75, 3.05) is 34.4 Å². The Morgan fingerprint density at radius 2 is 1.74 bits per heavy atom. The van der Waals surface area contributed by atoms with E-state index in [0.717, 1.165) is 17.7 Å². The third kappa shape index (κ3) is 7.25. The van der Waals surface area contributed by atoms with Gasteiger partial charge in [0.15, 0.2) is 11.5 Å². The van der Waals surface area contributed by atoms with Crippen molar-refractivity contribution in [3.05, 3.63) is 53.6 Å². The predicted molar refractivity (Wildman–Crippen MR) is 107 cm³/mol. The molecule has 2 aromatic carbocycles. The van der Waals surface area contributed by atoms with E-state index in [9.17, 15) is 23.1 Å². The summed E-state index contributed by atoms with van der Waals surface area (Å²) in [5, 5.41) is 12.8. The van der Waals surface area contributed by atoms with Gasteiger partial charge in [-0.15, -0.1) is 0 Å². The van der Waals surface area contributed by atoms with Crippen LogP contribution in [0.3, 0.4) is 0 Å². The molecule has 170 valence electrons. The number of rotatable bonds is 9. The van der Waals surface area contributed by atoms with Gasteiger partial charge in [-0.05, 0) is 42.0 Å². The van der Waals surface area contributed by atoms with Crippen LogP contribution < -0.4 is 19.5 Å². The van der Waals surface area contributed by atoms with E-state index >= 15 is 0 Å². The molecule has 0 heterocycles. The van der Waals surface area contributed by atoms with Crippen molar-refractivity contribution in [3.8, 4) is 17.2 Å². The molecule has 0 aromatic heterocycles. The van der Waals surface area contributed by atoms with Crippen LogP contribution >= 0.6 is 0 Å². The number of aliphatic hydroxyl groups is 1. The van der Waals surface area contributed by atoms with Gasteiger partial charge in [-0.1, -0.05) is 6.07 Å². The summed E-state index contributed by atoms with van der Waals surface area (Å²) in [7, 11) is 4.55. The van der Waals surface area contributed by atoms with Gasteiger partial charge in [-0.2, -0.15) is 13.2 Å². The Bertz CT molecular complexity index is 859. The molecule has 0 unspecified atom stereocenters. The van der Waals surface area contributed by atoms with E-state index < -0.39 is 23.9 Å². The van der Waals surface area contributed by atoms with Crippen molar-refractivity contribution in [1.82, 2.24) is 10.2 Å². The van der Waals surface area contributed by atoms with Crippen LogP contribution in [0.15, 0.2) is 42.5 Å². The Hall–Kier alpha value is -3.14. The van der Waals surface area contributed by atoms with E-state index in [1.54, 1.807) is 18.2 Å². The van der Waals surface area contributed by atoms with Gasteiger partial charge in [0.2, 0.25) is 0 Å². The van der Waals surface area contributed by atoms with Crippen LogP contribution in [0, 0.1) is 0 Å². The van der Waals surface area contributed by atoms with E-state index in [0.29, 0.717) is 11.5 Å². The molecule has 2 rings (SSSR count). The second-order valence-corrected chi connectivity index (χ2v) is 6.72. The van der Waals surface area contributed by atoms with E-state index in [-0.39, 0.29) is 25.4 Å². The lowest BCUT2D eigenvalue weighted by Gasteiger charge is -2.21. The Kier molecular flexibility index (Phi) is 8.38. The molecule has 0 saturated carbocycles. The smallest absolute Gasteiger partial charge is 0.416 e. The average Bonchev–Trinajstić information content (AvgIpc) is 2.75. The van der Waals surface area contributed by atoms with Gasteiger partial charge in [0.25, 0.3) is 0 Å². The number of nitrogens with one attached hydrogen (secondary N) is 1. The van der Waals surface area contributed by atoms with Crippen molar-refractivity contribution >= 4 is 6.03 Å². The molecule has 7 nitrogen and oxygen atoms in total. The quantitative estimate of drug-likeness (QED) is 0.623. The van der Waals surface area contributed by atoms with Gasteiger partial charge in [0.1, 0.15) is 18.5 Å². The molecule has 31 heavy (non-hydrogen) atoms. The highest BCUT2D eigenvalue weighted by Gasteiger charge is 2.30. The first-order valence-electron chi connectivity index (χ1n) is 9.32. The second kappa shape index (κ2) is 10.8. The Morgan fingerprint density at radius 3 is 2.32 bits per heavy atom. The summed E-state index contributed by atoms with van der Waals surface area (Å²) < 4.78 is 53.4. The van der Waals surface area contributed by atoms with Crippen LogP contribution in [0.5, 0.6) is 17.2 Å². The molecule has 2 N–H and O–H groups in total. The van der Waals surface area contributed by atoms with Crippen LogP contribution in [0.4, 0.5) is 18.0 Å². The minimum Gasteiger partial charge on any atom is -0.493 e. The fraction of sp³-hybridized carbons (Fsp3) is 0.381. The number of nitrogens with zero attached hydrogens (tertiary/aromatic N) is 1. The predicted octanol–water partition coefficient (Wildman–Crippen LogP) is 3.30. The largest absolute Gasteiger partial charge is 0.493 e. The average molecular weight is 442 g/mol.